The molecule has 17 heavy (non-hydrogen) atoms. The fourth-order valence-corrected chi connectivity index (χ4v) is 1.90. The Morgan fingerprint density at radius 2 is 1.82 bits per heavy atom. The van der Waals surface area contributed by atoms with Crippen LogP contribution in [0.3, 0.4) is 0 Å². The molecule has 0 radical (unpaired) electrons. The number of rotatable bonds is 5. The first-order valence-corrected chi connectivity index (χ1v) is 5.96. The van der Waals surface area contributed by atoms with Gasteiger partial charge in [-0.3, -0.25) is 0 Å². The van der Waals surface area contributed by atoms with Crippen LogP contribution in [0.25, 0.3) is 0 Å². The lowest BCUT2D eigenvalue weighted by Crippen LogP contribution is -2.40. The number of benzene rings is 1. The van der Waals surface area contributed by atoms with E-state index in [9.17, 15) is 0 Å². The van der Waals surface area contributed by atoms with Crippen LogP contribution < -0.4 is 5.32 Å². The van der Waals surface area contributed by atoms with Gasteiger partial charge in [-0.25, -0.2) is 0 Å². The van der Waals surface area contributed by atoms with Gasteiger partial charge in [-0.05, 0) is 31.9 Å². The zero-order valence-electron chi connectivity index (χ0n) is 10.4. The van der Waals surface area contributed by atoms with Crippen molar-refractivity contribution in [2.75, 3.05) is 0 Å². The van der Waals surface area contributed by atoms with Gasteiger partial charge in [0.25, 0.3) is 0 Å². The van der Waals surface area contributed by atoms with Crippen molar-refractivity contribution in [2.24, 2.45) is 0 Å². The summed E-state index contributed by atoms with van der Waals surface area (Å²) in [5.74, 6) is 0. The van der Waals surface area contributed by atoms with Gasteiger partial charge in [-0.15, -0.1) is 0 Å². The van der Waals surface area contributed by atoms with Crippen molar-refractivity contribution in [3.8, 4) is 0 Å². The molecule has 0 spiro atoms. The number of nitrogens with one attached hydrogen (secondary N) is 1. The first-order valence-electron chi connectivity index (χ1n) is 5.96. The van der Waals surface area contributed by atoms with Gasteiger partial charge in [0.05, 0.1) is 12.5 Å². The molecule has 2 rings (SSSR count). The van der Waals surface area contributed by atoms with Crippen LogP contribution in [0, 0.1) is 0 Å². The quantitative estimate of drug-likeness (QED) is 0.850. The molecule has 0 bridgehead atoms. The van der Waals surface area contributed by atoms with Crippen LogP contribution in [-0.2, 0) is 13.0 Å². The summed E-state index contributed by atoms with van der Waals surface area (Å²) in [5, 5.41) is 3.55. The molecule has 1 N–H and O–H groups in total. The summed E-state index contributed by atoms with van der Waals surface area (Å²) in [6, 6.07) is 12.5. The summed E-state index contributed by atoms with van der Waals surface area (Å²) in [5.41, 5.74) is 2.63. The number of furan rings is 1. The van der Waals surface area contributed by atoms with Crippen molar-refractivity contribution < 1.29 is 4.42 Å². The van der Waals surface area contributed by atoms with Crippen molar-refractivity contribution in [1.29, 1.82) is 0 Å². The first kappa shape index (κ1) is 11.9. The minimum Gasteiger partial charge on any atom is -0.472 e. The molecule has 1 heterocycles. The topological polar surface area (TPSA) is 25.2 Å². The molecule has 0 saturated heterocycles. The van der Waals surface area contributed by atoms with Crippen LogP contribution in [0.15, 0.2) is 53.3 Å². The maximum atomic E-state index is 5.06. The summed E-state index contributed by atoms with van der Waals surface area (Å²) in [6.45, 7) is 5.29. The summed E-state index contributed by atoms with van der Waals surface area (Å²) in [7, 11) is 0. The predicted molar refractivity (Wildman–Crippen MR) is 69.8 cm³/mol. The Morgan fingerprint density at radius 3 is 2.47 bits per heavy atom. The third kappa shape index (κ3) is 3.75. The molecular weight excluding hydrogens is 210 g/mol. The van der Waals surface area contributed by atoms with Gasteiger partial charge in [0.2, 0.25) is 0 Å². The molecule has 2 heteroatoms. The highest BCUT2D eigenvalue weighted by Crippen LogP contribution is 2.13. The smallest absolute Gasteiger partial charge is 0.0947 e. The monoisotopic (exact) mass is 229 g/mol. The van der Waals surface area contributed by atoms with Gasteiger partial charge >= 0.3 is 0 Å². The van der Waals surface area contributed by atoms with Crippen LogP contribution in [0.1, 0.15) is 25.0 Å². The van der Waals surface area contributed by atoms with E-state index >= 15 is 0 Å². The predicted octanol–water partition coefficient (Wildman–Crippen LogP) is 3.39. The van der Waals surface area contributed by atoms with Gasteiger partial charge in [0.15, 0.2) is 0 Å². The second kappa shape index (κ2) is 5.19. The molecule has 1 aromatic heterocycles. The van der Waals surface area contributed by atoms with Crippen LogP contribution in [-0.4, -0.2) is 5.54 Å². The molecule has 0 aliphatic carbocycles. The molecule has 0 amide bonds. The molecule has 1 aromatic carbocycles. The van der Waals surface area contributed by atoms with Crippen molar-refractivity contribution in [3.05, 3.63) is 60.1 Å². The SMILES string of the molecule is CC(C)(Cc1ccccc1)NCc1ccoc1. The van der Waals surface area contributed by atoms with Crippen LogP contribution in [0.4, 0.5) is 0 Å². The van der Waals surface area contributed by atoms with Gasteiger partial charge in [0.1, 0.15) is 0 Å². The molecular formula is C15H19NO. The van der Waals surface area contributed by atoms with E-state index in [0.29, 0.717) is 0 Å². The Labute approximate surface area is 103 Å². The zero-order valence-corrected chi connectivity index (χ0v) is 10.4. The highest BCUT2D eigenvalue weighted by atomic mass is 16.3. The van der Waals surface area contributed by atoms with Gasteiger partial charge in [0, 0.05) is 17.6 Å². The lowest BCUT2D eigenvalue weighted by Gasteiger charge is -2.26. The highest BCUT2D eigenvalue weighted by Gasteiger charge is 2.17. The minimum atomic E-state index is 0.0820. The normalized spacial score (nSPS) is 11.6. The maximum Gasteiger partial charge on any atom is 0.0947 e. The van der Waals surface area contributed by atoms with Gasteiger partial charge in [-0.1, -0.05) is 30.3 Å². The molecule has 0 aliphatic heterocycles. The Morgan fingerprint density at radius 1 is 1.06 bits per heavy atom. The van der Waals surface area contributed by atoms with Crippen molar-refractivity contribution in [3.63, 3.8) is 0 Å². The Kier molecular flexibility index (Phi) is 3.64. The average molecular weight is 229 g/mol. The number of hydrogen-bond donors (Lipinski definition) is 1. The molecule has 0 fully saturated rings. The van der Waals surface area contributed by atoms with E-state index in [1.807, 2.05) is 6.07 Å². The summed E-state index contributed by atoms with van der Waals surface area (Å²) in [6.07, 6.45) is 4.51. The van der Waals surface area contributed by atoms with Crippen LogP contribution in [0.5, 0.6) is 0 Å². The lowest BCUT2D eigenvalue weighted by atomic mass is 9.95. The zero-order chi connectivity index (χ0) is 12.1. The Balaban J connectivity index is 1.90. The fraction of sp³-hybridized carbons (Fsp3) is 0.333. The van der Waals surface area contributed by atoms with E-state index in [2.05, 4.69) is 49.5 Å². The third-order valence-electron chi connectivity index (χ3n) is 2.84. The minimum absolute atomic E-state index is 0.0820. The standard InChI is InChI=1S/C15H19NO/c1-15(2,10-13-6-4-3-5-7-13)16-11-14-8-9-17-12-14/h3-9,12,16H,10-11H2,1-2H3. The molecule has 0 saturated carbocycles. The fourth-order valence-electron chi connectivity index (χ4n) is 1.90. The van der Waals surface area contributed by atoms with Gasteiger partial charge < -0.3 is 9.73 Å². The summed E-state index contributed by atoms with van der Waals surface area (Å²) < 4.78 is 5.06. The van der Waals surface area contributed by atoms with Crippen molar-refractivity contribution >= 4 is 0 Å². The van der Waals surface area contributed by atoms with E-state index in [1.54, 1.807) is 12.5 Å². The molecule has 0 unspecified atom stereocenters. The van der Waals surface area contributed by atoms with E-state index in [4.69, 9.17) is 4.42 Å². The van der Waals surface area contributed by atoms with Crippen LogP contribution >= 0.6 is 0 Å². The lowest BCUT2D eigenvalue weighted by molar-refractivity contribution is 0.383. The van der Waals surface area contributed by atoms with Crippen molar-refractivity contribution in [1.82, 2.24) is 5.32 Å². The molecule has 0 aliphatic rings. The second-order valence-corrected chi connectivity index (χ2v) is 5.03. The Hall–Kier alpha value is -1.54. The molecule has 0 atom stereocenters. The van der Waals surface area contributed by atoms with E-state index in [-0.39, 0.29) is 5.54 Å². The molecule has 90 valence electrons. The first-order chi connectivity index (χ1) is 8.16. The Bertz CT molecular complexity index is 431. The highest BCUT2D eigenvalue weighted by molar-refractivity contribution is 5.17. The van der Waals surface area contributed by atoms with E-state index < -0.39 is 0 Å². The second-order valence-electron chi connectivity index (χ2n) is 5.03. The molecule has 2 nitrogen and oxygen atoms in total. The van der Waals surface area contributed by atoms with Crippen molar-refractivity contribution in [2.45, 2.75) is 32.4 Å². The van der Waals surface area contributed by atoms with E-state index in [1.165, 1.54) is 11.1 Å². The summed E-state index contributed by atoms with van der Waals surface area (Å²) in [4.78, 5) is 0. The summed E-state index contributed by atoms with van der Waals surface area (Å²) >= 11 is 0. The molecule has 2 aromatic rings. The van der Waals surface area contributed by atoms with E-state index in [0.717, 1.165) is 13.0 Å². The van der Waals surface area contributed by atoms with Crippen LogP contribution in [0.2, 0.25) is 0 Å². The largest absolute Gasteiger partial charge is 0.472 e. The number of hydrogen-bond acceptors (Lipinski definition) is 2. The maximum absolute atomic E-state index is 5.06. The third-order valence-corrected chi connectivity index (χ3v) is 2.84. The van der Waals surface area contributed by atoms with Gasteiger partial charge in [-0.2, -0.15) is 0 Å². The average Bonchev–Trinajstić information content (AvgIpc) is 2.80.